The molecule has 92 valence electrons. The number of carbonyl (C=O) groups excluding carboxylic acids is 2. The fourth-order valence-corrected chi connectivity index (χ4v) is 2.02. The summed E-state index contributed by atoms with van der Waals surface area (Å²) in [5.74, 6) is -0.122. The number of amides is 2. The lowest BCUT2D eigenvalue weighted by atomic mass is 10.3. The highest BCUT2D eigenvalue weighted by Crippen LogP contribution is 2.16. The topological polar surface area (TPSA) is 71.1 Å². The van der Waals surface area contributed by atoms with Gasteiger partial charge >= 0.3 is 6.03 Å². The molecule has 5 nitrogen and oxygen atoms in total. The van der Waals surface area contributed by atoms with Crippen molar-refractivity contribution in [1.29, 1.82) is 0 Å². The van der Waals surface area contributed by atoms with E-state index in [1.807, 2.05) is 18.2 Å². The number of nitrogens with zero attached hydrogens (tertiary/aromatic N) is 1. The molecule has 1 heterocycles. The Bertz CT molecular complexity index is 566. The Labute approximate surface area is 108 Å². The Kier molecular flexibility index (Phi) is 3.69. The zero-order valence-electron chi connectivity index (χ0n) is 9.64. The summed E-state index contributed by atoms with van der Waals surface area (Å²) in [4.78, 5) is 26.7. The number of anilines is 2. The van der Waals surface area contributed by atoms with Crippen LogP contribution in [0, 0.1) is 0 Å². The third kappa shape index (κ3) is 3.14. The standard InChI is InChI=1S/C12H11N3O2S/c1-8(16)10-7-18-12(14-10)15-11(17)13-9-5-3-2-4-6-9/h2-7H,1H3,(H2,13,14,15,17). The zero-order valence-corrected chi connectivity index (χ0v) is 10.5. The Morgan fingerprint density at radius 1 is 1.17 bits per heavy atom. The van der Waals surface area contributed by atoms with Crippen LogP contribution in [0.15, 0.2) is 35.7 Å². The maximum absolute atomic E-state index is 11.6. The van der Waals surface area contributed by atoms with Crippen LogP contribution < -0.4 is 10.6 Å². The van der Waals surface area contributed by atoms with Gasteiger partial charge in [0.1, 0.15) is 5.69 Å². The quantitative estimate of drug-likeness (QED) is 0.834. The minimum absolute atomic E-state index is 0.122. The first-order valence-corrected chi connectivity index (χ1v) is 6.12. The van der Waals surface area contributed by atoms with Crippen LogP contribution in [-0.2, 0) is 0 Å². The van der Waals surface area contributed by atoms with Crippen LogP contribution >= 0.6 is 11.3 Å². The molecule has 2 aromatic rings. The summed E-state index contributed by atoms with van der Waals surface area (Å²) >= 11 is 1.21. The van der Waals surface area contributed by atoms with E-state index in [1.165, 1.54) is 18.3 Å². The molecule has 0 bridgehead atoms. The van der Waals surface area contributed by atoms with Gasteiger partial charge in [-0.05, 0) is 12.1 Å². The fourth-order valence-electron chi connectivity index (χ4n) is 1.27. The summed E-state index contributed by atoms with van der Waals surface area (Å²) in [5.41, 5.74) is 1.05. The van der Waals surface area contributed by atoms with Crippen molar-refractivity contribution < 1.29 is 9.59 Å². The van der Waals surface area contributed by atoms with E-state index in [0.29, 0.717) is 16.5 Å². The molecular formula is C12H11N3O2S. The Hall–Kier alpha value is -2.21. The molecule has 2 rings (SSSR count). The van der Waals surface area contributed by atoms with E-state index in [0.717, 1.165) is 0 Å². The maximum atomic E-state index is 11.6. The van der Waals surface area contributed by atoms with Gasteiger partial charge in [-0.25, -0.2) is 9.78 Å². The number of urea groups is 1. The first-order valence-electron chi connectivity index (χ1n) is 5.24. The van der Waals surface area contributed by atoms with Gasteiger partial charge in [0.05, 0.1) is 0 Å². The fraction of sp³-hybridized carbons (Fsp3) is 0.0833. The number of hydrogen-bond donors (Lipinski definition) is 2. The first kappa shape index (κ1) is 12.3. The number of hydrogen-bond acceptors (Lipinski definition) is 4. The lowest BCUT2D eigenvalue weighted by molar-refractivity contribution is 0.101. The van der Waals surface area contributed by atoms with Crippen molar-refractivity contribution in [3.63, 3.8) is 0 Å². The van der Waals surface area contributed by atoms with Gasteiger partial charge in [-0.3, -0.25) is 10.1 Å². The first-order chi connectivity index (χ1) is 8.65. The predicted octanol–water partition coefficient (Wildman–Crippen LogP) is 2.99. The molecule has 6 heteroatoms. The molecule has 0 fully saturated rings. The summed E-state index contributed by atoms with van der Waals surface area (Å²) in [7, 11) is 0. The second kappa shape index (κ2) is 5.42. The molecule has 18 heavy (non-hydrogen) atoms. The van der Waals surface area contributed by atoms with Gasteiger partial charge in [-0.1, -0.05) is 18.2 Å². The molecule has 0 unspecified atom stereocenters. The summed E-state index contributed by atoms with van der Waals surface area (Å²) in [6.45, 7) is 1.43. The summed E-state index contributed by atoms with van der Waals surface area (Å²) in [6, 6.07) is 8.69. The van der Waals surface area contributed by atoms with Crippen molar-refractivity contribution in [2.75, 3.05) is 10.6 Å². The minimum Gasteiger partial charge on any atom is -0.308 e. The second-order valence-corrected chi connectivity index (χ2v) is 4.40. The highest BCUT2D eigenvalue weighted by atomic mass is 32.1. The van der Waals surface area contributed by atoms with Gasteiger partial charge in [0.25, 0.3) is 0 Å². The van der Waals surface area contributed by atoms with E-state index < -0.39 is 0 Å². The molecule has 0 atom stereocenters. The van der Waals surface area contributed by atoms with Crippen LogP contribution in [0.2, 0.25) is 0 Å². The molecule has 1 aromatic heterocycles. The number of rotatable bonds is 3. The van der Waals surface area contributed by atoms with E-state index in [9.17, 15) is 9.59 Å². The van der Waals surface area contributed by atoms with Crippen LogP contribution in [-0.4, -0.2) is 16.8 Å². The van der Waals surface area contributed by atoms with Crippen LogP contribution in [0.5, 0.6) is 0 Å². The van der Waals surface area contributed by atoms with E-state index >= 15 is 0 Å². The summed E-state index contributed by atoms with van der Waals surface area (Å²) in [5, 5.41) is 7.24. The van der Waals surface area contributed by atoms with Gasteiger partial charge in [-0.2, -0.15) is 0 Å². The molecule has 2 amide bonds. The second-order valence-electron chi connectivity index (χ2n) is 3.54. The van der Waals surface area contributed by atoms with Crippen LogP contribution in [0.3, 0.4) is 0 Å². The van der Waals surface area contributed by atoms with Gasteiger partial charge in [-0.15, -0.1) is 11.3 Å². The van der Waals surface area contributed by atoms with Gasteiger partial charge in [0.15, 0.2) is 10.9 Å². The zero-order chi connectivity index (χ0) is 13.0. The number of Topliss-reactive ketones (excluding diaryl/α,β-unsaturated/α-hetero) is 1. The molecule has 0 saturated carbocycles. The average Bonchev–Trinajstić information content (AvgIpc) is 2.78. The van der Waals surface area contributed by atoms with Crippen molar-refractivity contribution in [3.8, 4) is 0 Å². The lowest BCUT2D eigenvalue weighted by Crippen LogP contribution is -2.19. The van der Waals surface area contributed by atoms with Crippen molar-refractivity contribution in [1.82, 2.24) is 4.98 Å². The number of nitrogens with one attached hydrogen (secondary N) is 2. The number of thiazole rings is 1. The van der Waals surface area contributed by atoms with Crippen LogP contribution in [0.4, 0.5) is 15.6 Å². The predicted molar refractivity (Wildman–Crippen MR) is 71.2 cm³/mol. The van der Waals surface area contributed by atoms with Gasteiger partial charge in [0, 0.05) is 18.0 Å². The molecular weight excluding hydrogens is 250 g/mol. The molecule has 0 radical (unpaired) electrons. The normalized spacial score (nSPS) is 9.83. The molecule has 2 N–H and O–H groups in total. The molecule has 0 spiro atoms. The van der Waals surface area contributed by atoms with Crippen LogP contribution in [0.1, 0.15) is 17.4 Å². The minimum atomic E-state index is -0.384. The maximum Gasteiger partial charge on any atom is 0.325 e. The summed E-state index contributed by atoms with van der Waals surface area (Å²) < 4.78 is 0. The smallest absolute Gasteiger partial charge is 0.308 e. The summed E-state index contributed by atoms with van der Waals surface area (Å²) in [6.07, 6.45) is 0. The third-order valence-electron chi connectivity index (χ3n) is 2.12. The number of benzene rings is 1. The van der Waals surface area contributed by atoms with Crippen molar-refractivity contribution >= 4 is 34.0 Å². The largest absolute Gasteiger partial charge is 0.325 e. The lowest BCUT2D eigenvalue weighted by Gasteiger charge is -2.04. The van der Waals surface area contributed by atoms with Crippen molar-refractivity contribution in [3.05, 3.63) is 41.4 Å². The van der Waals surface area contributed by atoms with E-state index in [4.69, 9.17) is 0 Å². The number of carbonyl (C=O) groups is 2. The Morgan fingerprint density at radius 2 is 1.89 bits per heavy atom. The monoisotopic (exact) mass is 261 g/mol. The van der Waals surface area contributed by atoms with Crippen LogP contribution in [0.25, 0.3) is 0 Å². The number of ketones is 1. The van der Waals surface area contributed by atoms with E-state index in [2.05, 4.69) is 15.6 Å². The third-order valence-corrected chi connectivity index (χ3v) is 2.87. The van der Waals surface area contributed by atoms with Gasteiger partial charge < -0.3 is 5.32 Å². The molecule has 0 aliphatic carbocycles. The van der Waals surface area contributed by atoms with Crippen molar-refractivity contribution in [2.24, 2.45) is 0 Å². The highest BCUT2D eigenvalue weighted by Gasteiger charge is 2.08. The van der Waals surface area contributed by atoms with E-state index in [-0.39, 0.29) is 11.8 Å². The van der Waals surface area contributed by atoms with Crippen molar-refractivity contribution in [2.45, 2.75) is 6.92 Å². The molecule has 0 saturated heterocycles. The Morgan fingerprint density at radius 3 is 2.50 bits per heavy atom. The number of aromatic nitrogens is 1. The van der Waals surface area contributed by atoms with Gasteiger partial charge in [0.2, 0.25) is 0 Å². The highest BCUT2D eigenvalue weighted by molar-refractivity contribution is 7.14. The average molecular weight is 261 g/mol. The molecule has 1 aromatic carbocycles. The molecule has 0 aliphatic heterocycles. The SMILES string of the molecule is CC(=O)c1csc(NC(=O)Nc2ccccc2)n1. The number of para-hydroxylation sites is 1. The van der Waals surface area contributed by atoms with E-state index in [1.54, 1.807) is 17.5 Å². The Balaban J connectivity index is 1.97. The molecule has 0 aliphatic rings.